The third kappa shape index (κ3) is 1.65. The zero-order chi connectivity index (χ0) is 9.97. The van der Waals surface area contributed by atoms with Gasteiger partial charge >= 0.3 is 0 Å². The minimum Gasteiger partial charge on any atom is -0.198 e. The molecule has 0 saturated heterocycles. The highest BCUT2D eigenvalue weighted by Crippen LogP contribution is 2.36. The number of nitrogens with zero attached hydrogens (tertiary/aromatic N) is 1. The topological polar surface area (TPSA) is 23.8 Å². The van der Waals surface area contributed by atoms with Crippen molar-refractivity contribution in [2.75, 3.05) is 0 Å². The lowest BCUT2D eigenvalue weighted by Gasteiger charge is -2.26. The molecule has 0 spiro atoms. The maximum atomic E-state index is 8.63. The van der Waals surface area contributed by atoms with Crippen LogP contribution in [0.4, 0.5) is 0 Å². The van der Waals surface area contributed by atoms with Crippen LogP contribution in [-0.2, 0) is 6.42 Å². The molecule has 0 atom stereocenters. The van der Waals surface area contributed by atoms with Gasteiger partial charge in [0.25, 0.3) is 0 Å². The van der Waals surface area contributed by atoms with Crippen molar-refractivity contribution in [3.63, 3.8) is 0 Å². The SMILES string of the molecule is Cc1cc(C2CCC2)ccc1CC#N. The normalized spacial score (nSPS) is 16.0. The number of hydrogen-bond acceptors (Lipinski definition) is 1. The molecule has 1 aliphatic carbocycles. The molecular weight excluding hydrogens is 170 g/mol. The van der Waals surface area contributed by atoms with Crippen LogP contribution in [0.5, 0.6) is 0 Å². The summed E-state index contributed by atoms with van der Waals surface area (Å²) in [6.07, 6.45) is 4.61. The van der Waals surface area contributed by atoms with E-state index in [-0.39, 0.29) is 0 Å². The summed E-state index contributed by atoms with van der Waals surface area (Å²) in [7, 11) is 0. The lowest BCUT2D eigenvalue weighted by molar-refractivity contribution is 0.419. The summed E-state index contributed by atoms with van der Waals surface area (Å²) >= 11 is 0. The molecule has 1 heteroatoms. The Morgan fingerprint density at radius 3 is 2.71 bits per heavy atom. The average molecular weight is 185 g/mol. The molecule has 1 fully saturated rings. The molecule has 0 N–H and O–H groups in total. The highest BCUT2D eigenvalue weighted by molar-refractivity contribution is 5.35. The molecule has 0 aliphatic heterocycles. The van der Waals surface area contributed by atoms with Crippen LogP contribution in [-0.4, -0.2) is 0 Å². The minimum absolute atomic E-state index is 0.538. The molecule has 0 amide bonds. The van der Waals surface area contributed by atoms with E-state index in [1.807, 2.05) is 0 Å². The zero-order valence-corrected chi connectivity index (χ0v) is 8.59. The van der Waals surface area contributed by atoms with Gasteiger partial charge in [0.1, 0.15) is 0 Å². The maximum Gasteiger partial charge on any atom is 0.0669 e. The molecule has 0 radical (unpaired) electrons. The third-order valence-electron chi connectivity index (χ3n) is 3.21. The van der Waals surface area contributed by atoms with Crippen LogP contribution in [0.3, 0.4) is 0 Å². The van der Waals surface area contributed by atoms with Crippen molar-refractivity contribution >= 4 is 0 Å². The highest BCUT2D eigenvalue weighted by Gasteiger charge is 2.19. The van der Waals surface area contributed by atoms with Crippen molar-refractivity contribution in [1.29, 1.82) is 5.26 Å². The van der Waals surface area contributed by atoms with Crippen molar-refractivity contribution in [3.05, 3.63) is 34.9 Å². The van der Waals surface area contributed by atoms with Gasteiger partial charge in [0, 0.05) is 0 Å². The quantitative estimate of drug-likeness (QED) is 0.693. The largest absolute Gasteiger partial charge is 0.198 e. The molecule has 1 saturated carbocycles. The molecule has 1 aromatic carbocycles. The van der Waals surface area contributed by atoms with Crippen molar-refractivity contribution in [2.45, 2.75) is 38.5 Å². The van der Waals surface area contributed by atoms with E-state index in [1.54, 1.807) is 0 Å². The Balaban J connectivity index is 2.22. The second-order valence-electron chi connectivity index (χ2n) is 4.15. The first-order valence-electron chi connectivity index (χ1n) is 5.27. The molecule has 1 nitrogen and oxygen atoms in total. The molecule has 72 valence electrons. The summed E-state index contributed by atoms with van der Waals surface area (Å²) in [5.74, 6) is 0.796. The van der Waals surface area contributed by atoms with E-state index in [0.717, 1.165) is 5.92 Å². The Hall–Kier alpha value is -1.29. The number of nitriles is 1. The summed E-state index contributed by atoms with van der Waals surface area (Å²) in [6.45, 7) is 2.11. The summed E-state index contributed by atoms with van der Waals surface area (Å²) < 4.78 is 0. The van der Waals surface area contributed by atoms with Gasteiger partial charge in [-0.05, 0) is 42.4 Å². The summed E-state index contributed by atoms with van der Waals surface area (Å²) in [4.78, 5) is 0. The minimum atomic E-state index is 0.538. The second kappa shape index (κ2) is 3.84. The fourth-order valence-electron chi connectivity index (χ4n) is 2.00. The predicted octanol–water partition coefficient (Wildman–Crippen LogP) is 3.33. The fraction of sp³-hybridized carbons (Fsp3) is 0.462. The summed E-state index contributed by atoms with van der Waals surface area (Å²) in [6, 6.07) is 8.78. The average Bonchev–Trinajstić information content (AvgIpc) is 2.07. The highest BCUT2D eigenvalue weighted by atomic mass is 14.3. The van der Waals surface area contributed by atoms with E-state index >= 15 is 0 Å². The number of benzene rings is 1. The van der Waals surface area contributed by atoms with Crippen LogP contribution < -0.4 is 0 Å². The van der Waals surface area contributed by atoms with Gasteiger partial charge in [0.15, 0.2) is 0 Å². The Labute approximate surface area is 85.4 Å². The van der Waals surface area contributed by atoms with Gasteiger partial charge in [0.2, 0.25) is 0 Å². The number of rotatable bonds is 2. The molecular formula is C13H15N. The van der Waals surface area contributed by atoms with Crippen molar-refractivity contribution in [2.24, 2.45) is 0 Å². The van der Waals surface area contributed by atoms with Gasteiger partial charge in [-0.2, -0.15) is 5.26 Å². The van der Waals surface area contributed by atoms with E-state index in [1.165, 1.54) is 36.0 Å². The van der Waals surface area contributed by atoms with E-state index in [2.05, 4.69) is 31.2 Å². The van der Waals surface area contributed by atoms with Gasteiger partial charge in [-0.3, -0.25) is 0 Å². The molecule has 1 aliphatic rings. The Morgan fingerprint density at radius 1 is 1.43 bits per heavy atom. The Bertz CT molecular complexity index is 369. The number of hydrogen-bond donors (Lipinski definition) is 0. The lowest BCUT2D eigenvalue weighted by atomic mass is 9.79. The zero-order valence-electron chi connectivity index (χ0n) is 8.59. The monoisotopic (exact) mass is 185 g/mol. The van der Waals surface area contributed by atoms with Gasteiger partial charge < -0.3 is 0 Å². The first-order chi connectivity index (χ1) is 6.81. The Morgan fingerprint density at radius 2 is 2.21 bits per heavy atom. The van der Waals surface area contributed by atoms with Crippen LogP contribution in [0.1, 0.15) is 41.9 Å². The lowest BCUT2D eigenvalue weighted by Crippen LogP contribution is -2.09. The van der Waals surface area contributed by atoms with Crippen LogP contribution in [0.25, 0.3) is 0 Å². The summed E-state index contributed by atoms with van der Waals surface area (Å²) in [5, 5.41) is 8.63. The maximum absolute atomic E-state index is 8.63. The summed E-state index contributed by atoms with van der Waals surface area (Å²) in [5.41, 5.74) is 3.92. The molecule has 2 rings (SSSR count). The first kappa shape index (κ1) is 9.27. The molecule has 0 bridgehead atoms. The standard InChI is InChI=1S/C13H15N/c1-10-9-13(12-3-2-4-12)6-5-11(10)7-8-14/h5-6,9,12H,2-4,7H2,1H3. The van der Waals surface area contributed by atoms with E-state index < -0.39 is 0 Å². The Kier molecular flexibility index (Phi) is 2.54. The molecule has 0 aromatic heterocycles. The van der Waals surface area contributed by atoms with E-state index in [4.69, 9.17) is 5.26 Å². The van der Waals surface area contributed by atoms with E-state index in [0.29, 0.717) is 6.42 Å². The second-order valence-corrected chi connectivity index (χ2v) is 4.15. The number of aryl methyl sites for hydroxylation is 1. The van der Waals surface area contributed by atoms with Crippen molar-refractivity contribution in [1.82, 2.24) is 0 Å². The van der Waals surface area contributed by atoms with Crippen molar-refractivity contribution in [3.8, 4) is 6.07 Å². The van der Waals surface area contributed by atoms with Crippen LogP contribution in [0.2, 0.25) is 0 Å². The van der Waals surface area contributed by atoms with Gasteiger partial charge in [-0.1, -0.05) is 24.6 Å². The van der Waals surface area contributed by atoms with Gasteiger partial charge in [-0.15, -0.1) is 0 Å². The van der Waals surface area contributed by atoms with Gasteiger partial charge in [-0.25, -0.2) is 0 Å². The van der Waals surface area contributed by atoms with E-state index in [9.17, 15) is 0 Å². The van der Waals surface area contributed by atoms with Crippen LogP contribution >= 0.6 is 0 Å². The molecule has 1 aromatic rings. The first-order valence-corrected chi connectivity index (χ1v) is 5.27. The van der Waals surface area contributed by atoms with Crippen LogP contribution in [0.15, 0.2) is 18.2 Å². The molecule has 14 heavy (non-hydrogen) atoms. The predicted molar refractivity (Wildman–Crippen MR) is 57.1 cm³/mol. The van der Waals surface area contributed by atoms with Gasteiger partial charge in [0.05, 0.1) is 12.5 Å². The smallest absolute Gasteiger partial charge is 0.0669 e. The molecule has 0 unspecified atom stereocenters. The fourth-order valence-corrected chi connectivity index (χ4v) is 2.00. The molecule has 0 heterocycles. The third-order valence-corrected chi connectivity index (χ3v) is 3.21. The van der Waals surface area contributed by atoms with Crippen LogP contribution in [0, 0.1) is 18.3 Å². The van der Waals surface area contributed by atoms with Crippen molar-refractivity contribution < 1.29 is 0 Å².